The lowest BCUT2D eigenvalue weighted by Crippen LogP contribution is -2.41. The van der Waals surface area contributed by atoms with Gasteiger partial charge < -0.3 is 5.32 Å². The van der Waals surface area contributed by atoms with Crippen molar-refractivity contribution in [2.75, 3.05) is 0 Å². The van der Waals surface area contributed by atoms with E-state index in [4.69, 9.17) is 0 Å². The molecule has 2 atom stereocenters. The number of nitro benzene ring substituents is 1. The van der Waals surface area contributed by atoms with Crippen molar-refractivity contribution in [1.29, 1.82) is 0 Å². The van der Waals surface area contributed by atoms with Crippen LogP contribution in [0.4, 0.5) is 5.69 Å². The van der Waals surface area contributed by atoms with Crippen molar-refractivity contribution in [2.45, 2.75) is 45.6 Å². The average Bonchev–Trinajstić information content (AvgIpc) is 2.41. The molecule has 0 saturated heterocycles. The molecular weight excluding hydrogens is 256 g/mol. The third-order valence-electron chi connectivity index (χ3n) is 4.17. The summed E-state index contributed by atoms with van der Waals surface area (Å²) in [5, 5.41) is 13.9. The van der Waals surface area contributed by atoms with Crippen LogP contribution in [-0.2, 0) is 0 Å². The molecule has 1 N–H and O–H groups in total. The zero-order valence-electron chi connectivity index (χ0n) is 11.9. The molecule has 0 aliphatic heterocycles. The van der Waals surface area contributed by atoms with Crippen molar-refractivity contribution in [3.8, 4) is 0 Å². The van der Waals surface area contributed by atoms with Crippen LogP contribution >= 0.6 is 0 Å². The fourth-order valence-corrected chi connectivity index (χ4v) is 2.84. The van der Waals surface area contributed by atoms with Crippen LogP contribution in [-0.4, -0.2) is 16.9 Å². The lowest BCUT2D eigenvalue weighted by molar-refractivity contribution is -0.385. The number of benzene rings is 1. The molecule has 1 aromatic carbocycles. The number of nitrogens with one attached hydrogen (secondary N) is 1. The zero-order chi connectivity index (χ0) is 14.7. The maximum absolute atomic E-state index is 12.3. The van der Waals surface area contributed by atoms with Gasteiger partial charge in [0.15, 0.2) is 0 Å². The molecule has 0 spiro atoms. The molecule has 108 valence electrons. The first-order chi connectivity index (χ1) is 9.50. The highest BCUT2D eigenvalue weighted by Gasteiger charge is 2.25. The van der Waals surface area contributed by atoms with E-state index in [0.717, 1.165) is 19.3 Å². The largest absolute Gasteiger partial charge is 0.349 e. The van der Waals surface area contributed by atoms with Gasteiger partial charge in [-0.1, -0.05) is 25.8 Å². The average molecular weight is 276 g/mol. The van der Waals surface area contributed by atoms with E-state index in [-0.39, 0.29) is 17.6 Å². The quantitative estimate of drug-likeness (QED) is 0.680. The monoisotopic (exact) mass is 276 g/mol. The van der Waals surface area contributed by atoms with E-state index in [1.165, 1.54) is 12.5 Å². The van der Waals surface area contributed by atoms with Crippen molar-refractivity contribution < 1.29 is 9.72 Å². The molecule has 1 saturated carbocycles. The second kappa shape index (κ2) is 6.03. The number of hydrogen-bond acceptors (Lipinski definition) is 3. The third kappa shape index (κ3) is 2.98. The molecule has 1 fully saturated rings. The lowest BCUT2D eigenvalue weighted by atomic mass is 9.85. The third-order valence-corrected chi connectivity index (χ3v) is 4.17. The topological polar surface area (TPSA) is 72.2 Å². The van der Waals surface area contributed by atoms with Gasteiger partial charge in [0.1, 0.15) is 0 Å². The van der Waals surface area contributed by atoms with Crippen LogP contribution in [0.2, 0.25) is 0 Å². The van der Waals surface area contributed by atoms with Gasteiger partial charge in [0.25, 0.3) is 11.6 Å². The van der Waals surface area contributed by atoms with Crippen LogP contribution in [0.25, 0.3) is 0 Å². The Hall–Kier alpha value is -1.91. The minimum Gasteiger partial charge on any atom is -0.349 e. The van der Waals surface area contributed by atoms with Gasteiger partial charge in [-0.05, 0) is 31.7 Å². The Morgan fingerprint density at radius 3 is 2.70 bits per heavy atom. The molecule has 20 heavy (non-hydrogen) atoms. The summed E-state index contributed by atoms with van der Waals surface area (Å²) >= 11 is 0. The lowest BCUT2D eigenvalue weighted by Gasteiger charge is -2.29. The van der Waals surface area contributed by atoms with Gasteiger partial charge in [0, 0.05) is 23.2 Å². The number of carbonyl (C=O) groups excluding carboxylic acids is 1. The zero-order valence-corrected chi connectivity index (χ0v) is 11.9. The van der Waals surface area contributed by atoms with Crippen LogP contribution in [0, 0.1) is 23.0 Å². The first-order valence-corrected chi connectivity index (χ1v) is 7.05. The SMILES string of the molecule is Cc1c(C(=O)N[C@H]2CCCC[C@@H]2C)cccc1[N+](=O)[O-]. The molecule has 0 unspecified atom stereocenters. The van der Waals surface area contributed by atoms with Gasteiger partial charge in [-0.2, -0.15) is 0 Å². The molecule has 0 heterocycles. The van der Waals surface area contributed by atoms with E-state index in [0.29, 0.717) is 17.0 Å². The van der Waals surface area contributed by atoms with Crippen molar-refractivity contribution in [1.82, 2.24) is 5.32 Å². The minimum atomic E-state index is -0.449. The van der Waals surface area contributed by atoms with Gasteiger partial charge in [-0.25, -0.2) is 0 Å². The molecule has 1 amide bonds. The molecule has 0 radical (unpaired) electrons. The predicted octanol–water partition coefficient (Wildman–Crippen LogP) is 3.21. The molecule has 5 nitrogen and oxygen atoms in total. The van der Waals surface area contributed by atoms with Crippen molar-refractivity contribution >= 4 is 11.6 Å². The smallest absolute Gasteiger partial charge is 0.273 e. The van der Waals surface area contributed by atoms with Crippen LogP contribution < -0.4 is 5.32 Å². The van der Waals surface area contributed by atoms with Gasteiger partial charge in [-0.3, -0.25) is 14.9 Å². The van der Waals surface area contributed by atoms with Crippen LogP contribution in [0.3, 0.4) is 0 Å². The normalized spacial score (nSPS) is 22.3. The Morgan fingerprint density at radius 2 is 2.05 bits per heavy atom. The summed E-state index contributed by atoms with van der Waals surface area (Å²) < 4.78 is 0. The second-order valence-corrected chi connectivity index (χ2v) is 5.55. The summed E-state index contributed by atoms with van der Waals surface area (Å²) in [6.07, 6.45) is 4.45. The van der Waals surface area contributed by atoms with Crippen LogP contribution in [0.15, 0.2) is 18.2 Å². The summed E-state index contributed by atoms with van der Waals surface area (Å²) in [7, 11) is 0. The fraction of sp³-hybridized carbons (Fsp3) is 0.533. The molecule has 1 aliphatic carbocycles. The van der Waals surface area contributed by atoms with Crippen molar-refractivity contribution in [3.05, 3.63) is 39.4 Å². The summed E-state index contributed by atoms with van der Waals surface area (Å²) in [6, 6.07) is 4.81. The molecular formula is C15H20N2O3. The van der Waals surface area contributed by atoms with E-state index in [1.54, 1.807) is 19.1 Å². The first kappa shape index (κ1) is 14.5. The Labute approximate surface area is 118 Å². The Balaban J connectivity index is 2.17. The maximum atomic E-state index is 12.3. The predicted molar refractivity (Wildman–Crippen MR) is 76.7 cm³/mol. The summed E-state index contributed by atoms with van der Waals surface area (Å²) in [5.41, 5.74) is 0.824. The van der Waals surface area contributed by atoms with E-state index < -0.39 is 4.92 Å². The number of rotatable bonds is 3. The highest BCUT2D eigenvalue weighted by molar-refractivity contribution is 5.96. The Bertz CT molecular complexity index is 528. The highest BCUT2D eigenvalue weighted by Crippen LogP contribution is 2.25. The van der Waals surface area contributed by atoms with Crippen molar-refractivity contribution in [3.63, 3.8) is 0 Å². The molecule has 0 aromatic heterocycles. The highest BCUT2D eigenvalue weighted by atomic mass is 16.6. The van der Waals surface area contributed by atoms with E-state index in [2.05, 4.69) is 12.2 Å². The van der Waals surface area contributed by atoms with Crippen molar-refractivity contribution in [2.24, 2.45) is 5.92 Å². The van der Waals surface area contributed by atoms with E-state index >= 15 is 0 Å². The summed E-state index contributed by atoms with van der Waals surface area (Å²) in [6.45, 7) is 3.77. The molecule has 1 aromatic rings. The summed E-state index contributed by atoms with van der Waals surface area (Å²) in [5.74, 6) is 0.261. The molecule has 0 bridgehead atoms. The van der Waals surface area contributed by atoms with Crippen LogP contribution in [0.1, 0.15) is 48.5 Å². The number of nitro groups is 1. The second-order valence-electron chi connectivity index (χ2n) is 5.55. The number of hydrogen-bond donors (Lipinski definition) is 1. The van der Waals surface area contributed by atoms with Crippen LogP contribution in [0.5, 0.6) is 0 Å². The molecule has 2 rings (SSSR count). The van der Waals surface area contributed by atoms with Gasteiger partial charge in [-0.15, -0.1) is 0 Å². The summed E-state index contributed by atoms with van der Waals surface area (Å²) in [4.78, 5) is 22.8. The van der Waals surface area contributed by atoms with Gasteiger partial charge in [0.05, 0.1) is 4.92 Å². The van der Waals surface area contributed by atoms with Gasteiger partial charge in [0.2, 0.25) is 0 Å². The number of carbonyl (C=O) groups is 1. The van der Waals surface area contributed by atoms with Gasteiger partial charge >= 0.3 is 0 Å². The van der Waals surface area contributed by atoms with E-state index in [1.807, 2.05) is 0 Å². The standard InChI is InChI=1S/C15H20N2O3/c1-10-6-3-4-8-13(10)16-15(18)12-7-5-9-14(11(12)2)17(19)20/h5,7,9-10,13H,3-4,6,8H2,1-2H3,(H,16,18)/t10-,13-/m0/s1. The fourth-order valence-electron chi connectivity index (χ4n) is 2.84. The molecule has 5 heteroatoms. The number of amides is 1. The number of nitrogens with zero attached hydrogens (tertiary/aromatic N) is 1. The van der Waals surface area contributed by atoms with E-state index in [9.17, 15) is 14.9 Å². The molecule has 1 aliphatic rings. The minimum absolute atomic E-state index is 0.00524. The first-order valence-electron chi connectivity index (χ1n) is 7.05. The Kier molecular flexibility index (Phi) is 4.37. The maximum Gasteiger partial charge on any atom is 0.273 e. The Morgan fingerprint density at radius 1 is 1.35 bits per heavy atom.